The largest absolute Gasteiger partial charge is 0.301 e. The Bertz CT molecular complexity index is 1200. The van der Waals surface area contributed by atoms with E-state index in [1.165, 1.54) is 5.56 Å². The highest BCUT2D eigenvalue weighted by molar-refractivity contribution is 7.87. The molecule has 1 heterocycles. The van der Waals surface area contributed by atoms with E-state index in [2.05, 4.69) is 55.1 Å². The van der Waals surface area contributed by atoms with Crippen molar-refractivity contribution in [3.63, 3.8) is 0 Å². The molecule has 1 atom stereocenters. The molecule has 1 aromatic heterocycles. The Balaban J connectivity index is 1.70. The van der Waals surface area contributed by atoms with Crippen LogP contribution in [0.2, 0.25) is 0 Å². The van der Waals surface area contributed by atoms with Crippen LogP contribution >= 0.6 is 11.3 Å². The molecular weight excluding hydrogens is 480 g/mol. The van der Waals surface area contributed by atoms with E-state index < -0.39 is 10.2 Å². The molecule has 3 rings (SSSR count). The Labute approximate surface area is 212 Å². The molecule has 4 N–H and O–H groups in total. The lowest BCUT2D eigenvalue weighted by atomic mass is 9.87. The third kappa shape index (κ3) is 8.63. The SMILES string of the molecule is CC(C)(C)c1ccc(-c2nc(C(CCCCNS(N)(=O)=O)NCC(=O)c3ccccc3)cs2)cc1. The van der Waals surface area contributed by atoms with E-state index in [0.29, 0.717) is 18.4 Å². The number of benzene rings is 2. The smallest absolute Gasteiger partial charge is 0.274 e. The van der Waals surface area contributed by atoms with Crippen molar-refractivity contribution in [2.24, 2.45) is 5.14 Å². The standard InChI is InChI=1S/C26H34N4O3S2/c1-26(2,3)21-14-12-20(13-15-21)25-30-23(18-34-25)22(11-7-8-16-29-35(27,32)33)28-17-24(31)19-9-5-4-6-10-19/h4-6,9-10,12-15,18,22,28-29H,7-8,11,16-17H2,1-3H3,(H2,27,32,33). The molecule has 2 aromatic carbocycles. The molecule has 0 fully saturated rings. The number of hydrogen-bond donors (Lipinski definition) is 3. The number of hydrogen-bond acceptors (Lipinski definition) is 6. The van der Waals surface area contributed by atoms with E-state index >= 15 is 0 Å². The van der Waals surface area contributed by atoms with Gasteiger partial charge >= 0.3 is 0 Å². The quantitative estimate of drug-likeness (QED) is 0.242. The monoisotopic (exact) mass is 514 g/mol. The van der Waals surface area contributed by atoms with Gasteiger partial charge in [-0.05, 0) is 23.8 Å². The Morgan fingerprint density at radius 1 is 1.06 bits per heavy atom. The summed E-state index contributed by atoms with van der Waals surface area (Å²) in [5.41, 5.74) is 3.96. The molecule has 0 spiro atoms. The van der Waals surface area contributed by atoms with Gasteiger partial charge in [0, 0.05) is 23.1 Å². The van der Waals surface area contributed by atoms with Gasteiger partial charge in [0.15, 0.2) is 5.78 Å². The van der Waals surface area contributed by atoms with E-state index in [1.54, 1.807) is 23.5 Å². The van der Waals surface area contributed by atoms with Crippen LogP contribution in [0.15, 0.2) is 60.0 Å². The first-order valence-corrected chi connectivity index (χ1v) is 14.1. The summed E-state index contributed by atoms with van der Waals surface area (Å²) in [4.78, 5) is 17.5. The number of nitrogens with zero attached hydrogens (tertiary/aromatic N) is 1. The molecule has 3 aromatic rings. The summed E-state index contributed by atoms with van der Waals surface area (Å²) in [6.07, 6.45) is 2.08. The molecule has 9 heteroatoms. The van der Waals surface area contributed by atoms with Gasteiger partial charge in [0.2, 0.25) is 0 Å². The number of nitrogens with one attached hydrogen (secondary N) is 2. The number of ketones is 1. The maximum Gasteiger partial charge on any atom is 0.274 e. The number of Topliss-reactive ketones (excluding diaryl/α,β-unsaturated/α-hetero) is 1. The van der Waals surface area contributed by atoms with Crippen molar-refractivity contribution in [3.05, 3.63) is 76.8 Å². The van der Waals surface area contributed by atoms with Gasteiger partial charge in [-0.25, -0.2) is 14.8 Å². The first-order valence-electron chi connectivity index (χ1n) is 11.7. The lowest BCUT2D eigenvalue weighted by Crippen LogP contribution is -2.31. The van der Waals surface area contributed by atoms with E-state index in [0.717, 1.165) is 22.7 Å². The van der Waals surface area contributed by atoms with E-state index in [4.69, 9.17) is 10.1 Å². The molecule has 0 aliphatic heterocycles. The minimum absolute atomic E-state index is 0.0136. The minimum Gasteiger partial charge on any atom is -0.301 e. The van der Waals surface area contributed by atoms with Gasteiger partial charge in [-0.3, -0.25) is 4.79 Å². The van der Waals surface area contributed by atoms with Crippen LogP contribution in [-0.2, 0) is 15.6 Å². The lowest BCUT2D eigenvalue weighted by molar-refractivity contribution is 0.0986. The summed E-state index contributed by atoms with van der Waals surface area (Å²) in [5, 5.41) is 11.3. The van der Waals surface area contributed by atoms with Crippen LogP contribution in [0, 0.1) is 0 Å². The summed E-state index contributed by atoms with van der Waals surface area (Å²) < 4.78 is 24.5. The molecule has 0 saturated heterocycles. The highest BCUT2D eigenvalue weighted by Gasteiger charge is 2.18. The van der Waals surface area contributed by atoms with Gasteiger partial charge in [0.1, 0.15) is 5.01 Å². The number of carbonyl (C=O) groups excluding carboxylic acids is 1. The number of nitrogens with two attached hydrogens (primary N) is 1. The summed E-state index contributed by atoms with van der Waals surface area (Å²) in [7, 11) is -3.69. The average Bonchev–Trinajstić information content (AvgIpc) is 3.30. The van der Waals surface area contributed by atoms with E-state index in [9.17, 15) is 13.2 Å². The van der Waals surface area contributed by atoms with Gasteiger partial charge in [-0.2, -0.15) is 8.42 Å². The highest BCUT2D eigenvalue weighted by Crippen LogP contribution is 2.30. The zero-order valence-corrected chi connectivity index (χ0v) is 22.1. The molecule has 0 saturated carbocycles. The van der Waals surface area contributed by atoms with Crippen molar-refractivity contribution in [2.45, 2.75) is 51.5 Å². The summed E-state index contributed by atoms with van der Waals surface area (Å²) >= 11 is 1.58. The lowest BCUT2D eigenvalue weighted by Gasteiger charge is -2.19. The molecule has 1 unspecified atom stereocenters. The number of unbranched alkanes of at least 4 members (excludes halogenated alkanes) is 1. The first kappa shape index (κ1) is 27.2. The fourth-order valence-corrected chi connectivity index (χ4v) is 4.98. The van der Waals surface area contributed by atoms with Crippen molar-refractivity contribution in [1.29, 1.82) is 0 Å². The molecule has 0 aliphatic carbocycles. The fourth-order valence-electron chi connectivity index (χ4n) is 3.68. The molecule has 0 bridgehead atoms. The summed E-state index contributed by atoms with van der Waals surface area (Å²) in [5.74, 6) is 0.0136. The van der Waals surface area contributed by atoms with Crippen LogP contribution in [-0.4, -0.2) is 32.3 Å². The highest BCUT2D eigenvalue weighted by atomic mass is 32.2. The average molecular weight is 515 g/mol. The molecule has 0 radical (unpaired) electrons. The van der Waals surface area contributed by atoms with Gasteiger partial charge in [-0.1, -0.05) is 81.8 Å². The van der Waals surface area contributed by atoms with Crippen molar-refractivity contribution >= 4 is 27.3 Å². The second-order valence-corrected chi connectivity index (χ2v) is 11.8. The second-order valence-electron chi connectivity index (χ2n) is 9.56. The summed E-state index contributed by atoms with van der Waals surface area (Å²) in [6, 6.07) is 17.5. The minimum atomic E-state index is -3.69. The Kier molecular flexibility index (Phi) is 9.32. The number of aromatic nitrogens is 1. The molecular formula is C26H34N4O3S2. The molecule has 0 amide bonds. The maximum atomic E-state index is 12.6. The van der Waals surface area contributed by atoms with Crippen LogP contribution in [0.5, 0.6) is 0 Å². The normalized spacial score (nSPS) is 13.0. The molecule has 188 valence electrons. The predicted molar refractivity (Wildman–Crippen MR) is 143 cm³/mol. The van der Waals surface area contributed by atoms with Crippen molar-refractivity contribution < 1.29 is 13.2 Å². The molecule has 35 heavy (non-hydrogen) atoms. The summed E-state index contributed by atoms with van der Waals surface area (Å²) in [6.45, 7) is 7.03. The van der Waals surface area contributed by atoms with Crippen LogP contribution in [0.1, 0.15) is 67.7 Å². The van der Waals surface area contributed by atoms with Crippen LogP contribution in [0.25, 0.3) is 10.6 Å². The fraction of sp³-hybridized carbons (Fsp3) is 0.385. The maximum absolute atomic E-state index is 12.6. The van der Waals surface area contributed by atoms with Crippen LogP contribution < -0.4 is 15.2 Å². The third-order valence-electron chi connectivity index (χ3n) is 5.70. The number of rotatable bonds is 12. The Hall–Kier alpha value is -2.43. The first-order chi connectivity index (χ1) is 16.5. The van der Waals surface area contributed by atoms with Crippen molar-refractivity contribution in [3.8, 4) is 10.6 Å². The van der Waals surface area contributed by atoms with Gasteiger partial charge in [0.05, 0.1) is 18.3 Å². The van der Waals surface area contributed by atoms with Crippen LogP contribution in [0.4, 0.5) is 0 Å². The third-order valence-corrected chi connectivity index (χ3v) is 7.22. The number of thiazole rings is 1. The second kappa shape index (κ2) is 12.0. The Morgan fingerprint density at radius 3 is 2.37 bits per heavy atom. The van der Waals surface area contributed by atoms with Crippen LogP contribution in [0.3, 0.4) is 0 Å². The molecule has 0 aliphatic rings. The van der Waals surface area contributed by atoms with Gasteiger partial charge in [-0.15, -0.1) is 11.3 Å². The van der Waals surface area contributed by atoms with Crippen molar-refractivity contribution in [1.82, 2.24) is 15.0 Å². The van der Waals surface area contributed by atoms with E-state index in [-0.39, 0.29) is 30.3 Å². The topological polar surface area (TPSA) is 114 Å². The Morgan fingerprint density at radius 2 is 1.74 bits per heavy atom. The van der Waals surface area contributed by atoms with E-state index in [1.807, 2.05) is 23.6 Å². The number of carbonyl (C=O) groups is 1. The van der Waals surface area contributed by atoms with Gasteiger partial charge in [0.25, 0.3) is 10.2 Å². The zero-order chi connectivity index (χ0) is 25.5. The predicted octanol–water partition coefficient (Wildman–Crippen LogP) is 4.58. The molecule has 7 nitrogen and oxygen atoms in total. The zero-order valence-electron chi connectivity index (χ0n) is 20.5. The van der Waals surface area contributed by atoms with Crippen molar-refractivity contribution in [2.75, 3.05) is 13.1 Å². The van der Waals surface area contributed by atoms with Gasteiger partial charge < -0.3 is 5.32 Å².